The molecule has 1 aliphatic heterocycles. The number of hydrogen-bond donors (Lipinski definition) is 1. The molecule has 0 aromatic carbocycles. The zero-order chi connectivity index (χ0) is 9.24. The van der Waals surface area contributed by atoms with Crippen molar-refractivity contribution in [2.75, 3.05) is 19.0 Å². The Morgan fingerprint density at radius 2 is 2.08 bits per heavy atom. The average Bonchev–Trinajstić information content (AvgIpc) is 1.84. The minimum absolute atomic E-state index is 0.00972. The number of hydrogen-bond acceptors (Lipinski definition) is 3. The van der Waals surface area contributed by atoms with E-state index in [4.69, 9.17) is 9.29 Å². The molecule has 0 saturated carbocycles. The van der Waals surface area contributed by atoms with E-state index in [0.717, 1.165) is 6.42 Å². The highest BCUT2D eigenvalue weighted by atomic mass is 32.2. The maximum absolute atomic E-state index is 10.4. The van der Waals surface area contributed by atoms with Crippen LogP contribution in [0.3, 0.4) is 0 Å². The maximum atomic E-state index is 10.4. The van der Waals surface area contributed by atoms with Gasteiger partial charge in [0, 0.05) is 5.41 Å². The van der Waals surface area contributed by atoms with Gasteiger partial charge in [-0.1, -0.05) is 6.92 Å². The highest BCUT2D eigenvalue weighted by molar-refractivity contribution is 7.85. The van der Waals surface area contributed by atoms with Gasteiger partial charge in [0.05, 0.1) is 19.0 Å². The molecule has 0 unspecified atom stereocenters. The van der Waals surface area contributed by atoms with Crippen molar-refractivity contribution in [2.45, 2.75) is 19.8 Å². The van der Waals surface area contributed by atoms with E-state index < -0.39 is 10.1 Å². The van der Waals surface area contributed by atoms with Gasteiger partial charge in [0.15, 0.2) is 0 Å². The Labute approximate surface area is 72.7 Å². The van der Waals surface area contributed by atoms with Gasteiger partial charge in [0.2, 0.25) is 0 Å². The molecule has 1 heterocycles. The molecule has 4 nitrogen and oxygen atoms in total. The van der Waals surface area contributed by atoms with Crippen molar-refractivity contribution in [1.82, 2.24) is 0 Å². The van der Waals surface area contributed by atoms with Gasteiger partial charge >= 0.3 is 0 Å². The summed E-state index contributed by atoms with van der Waals surface area (Å²) in [5, 5.41) is 0. The summed E-state index contributed by atoms with van der Waals surface area (Å²) in [5.41, 5.74) is 0.00972. The molecule has 1 N–H and O–H groups in total. The molecule has 1 saturated heterocycles. The van der Waals surface area contributed by atoms with E-state index in [2.05, 4.69) is 0 Å². The van der Waals surface area contributed by atoms with Crippen molar-refractivity contribution in [3.05, 3.63) is 0 Å². The fourth-order valence-electron chi connectivity index (χ4n) is 1.26. The molecule has 0 spiro atoms. The van der Waals surface area contributed by atoms with Crippen molar-refractivity contribution in [3.8, 4) is 0 Å². The smallest absolute Gasteiger partial charge is 0.264 e. The van der Waals surface area contributed by atoms with Crippen LogP contribution in [0.2, 0.25) is 0 Å². The minimum Gasteiger partial charge on any atom is -0.380 e. The summed E-state index contributed by atoms with van der Waals surface area (Å²) in [6.45, 7) is 3.25. The zero-order valence-corrected chi connectivity index (χ0v) is 7.93. The third-order valence-corrected chi connectivity index (χ3v) is 3.18. The molecule has 0 atom stereocenters. The lowest BCUT2D eigenvalue weighted by molar-refractivity contribution is -0.116. The van der Waals surface area contributed by atoms with Crippen LogP contribution in [0.25, 0.3) is 0 Å². The molecule has 0 aliphatic carbocycles. The van der Waals surface area contributed by atoms with Gasteiger partial charge in [-0.25, -0.2) is 0 Å². The van der Waals surface area contributed by atoms with Crippen molar-refractivity contribution in [2.24, 2.45) is 5.41 Å². The van der Waals surface area contributed by atoms with Crippen molar-refractivity contribution in [1.29, 1.82) is 0 Å². The second-order valence-electron chi connectivity index (χ2n) is 3.38. The number of ether oxygens (including phenoxy) is 1. The predicted molar refractivity (Wildman–Crippen MR) is 44.6 cm³/mol. The van der Waals surface area contributed by atoms with E-state index in [1.54, 1.807) is 0 Å². The fraction of sp³-hybridized carbons (Fsp3) is 1.00. The molecular weight excluding hydrogens is 180 g/mol. The van der Waals surface area contributed by atoms with Gasteiger partial charge in [-0.05, 0) is 12.8 Å². The average molecular weight is 194 g/mol. The van der Waals surface area contributed by atoms with E-state index in [1.165, 1.54) is 0 Å². The molecule has 0 radical (unpaired) electrons. The number of rotatable bonds is 4. The molecule has 5 heteroatoms. The molecule has 1 aliphatic rings. The normalized spacial score (nSPS) is 21.8. The Hall–Kier alpha value is -0.130. The van der Waals surface area contributed by atoms with Gasteiger partial charge < -0.3 is 4.74 Å². The molecule has 72 valence electrons. The summed E-state index contributed by atoms with van der Waals surface area (Å²) >= 11 is 0. The first-order chi connectivity index (χ1) is 5.47. The van der Waals surface area contributed by atoms with Crippen molar-refractivity contribution < 1.29 is 17.7 Å². The Morgan fingerprint density at radius 3 is 2.33 bits per heavy atom. The topological polar surface area (TPSA) is 63.6 Å². The molecular formula is C7H14O4S. The van der Waals surface area contributed by atoms with E-state index in [-0.39, 0.29) is 11.2 Å². The van der Waals surface area contributed by atoms with Gasteiger partial charge in [-0.15, -0.1) is 0 Å². The second-order valence-corrected chi connectivity index (χ2v) is 4.95. The Balaban J connectivity index is 2.40. The summed E-state index contributed by atoms with van der Waals surface area (Å²) in [4.78, 5) is 0. The summed E-state index contributed by atoms with van der Waals surface area (Å²) in [6.07, 6.45) is 1.41. The van der Waals surface area contributed by atoms with Crippen LogP contribution in [-0.2, 0) is 14.9 Å². The van der Waals surface area contributed by atoms with Crippen LogP contribution in [0, 0.1) is 5.41 Å². The molecule has 0 amide bonds. The first-order valence-corrected chi connectivity index (χ1v) is 5.61. The third-order valence-electron chi connectivity index (χ3n) is 2.46. The summed E-state index contributed by atoms with van der Waals surface area (Å²) in [5.74, 6) is -0.149. The third kappa shape index (κ3) is 2.43. The standard InChI is InChI=1S/C7H14O4S/c1-2-7(5-11-6-7)3-4-12(8,9)10/h2-6H2,1H3,(H,8,9,10). The van der Waals surface area contributed by atoms with E-state index in [1.807, 2.05) is 6.92 Å². The van der Waals surface area contributed by atoms with E-state index >= 15 is 0 Å². The van der Waals surface area contributed by atoms with Crippen LogP contribution in [-0.4, -0.2) is 31.9 Å². The highest BCUT2D eigenvalue weighted by Crippen LogP contribution is 2.34. The van der Waals surface area contributed by atoms with Gasteiger partial charge in [-0.3, -0.25) is 4.55 Å². The lowest BCUT2D eigenvalue weighted by Crippen LogP contribution is -2.43. The van der Waals surface area contributed by atoms with Gasteiger partial charge in [0.1, 0.15) is 0 Å². The predicted octanol–water partition coefficient (Wildman–Crippen LogP) is 0.691. The van der Waals surface area contributed by atoms with Gasteiger partial charge in [0.25, 0.3) is 10.1 Å². The van der Waals surface area contributed by atoms with E-state index in [9.17, 15) is 8.42 Å². The lowest BCUT2D eigenvalue weighted by Gasteiger charge is -2.40. The van der Waals surface area contributed by atoms with Crippen LogP contribution in [0.5, 0.6) is 0 Å². The Kier molecular flexibility index (Phi) is 2.75. The molecule has 0 aromatic heterocycles. The van der Waals surface area contributed by atoms with E-state index in [0.29, 0.717) is 19.6 Å². The minimum atomic E-state index is -3.80. The summed E-state index contributed by atoms with van der Waals surface area (Å²) in [6, 6.07) is 0. The molecule has 1 fully saturated rings. The van der Waals surface area contributed by atoms with Crippen molar-refractivity contribution in [3.63, 3.8) is 0 Å². The molecule has 12 heavy (non-hydrogen) atoms. The molecule has 0 aromatic rings. The maximum Gasteiger partial charge on any atom is 0.264 e. The van der Waals surface area contributed by atoms with Crippen LogP contribution in [0.4, 0.5) is 0 Å². The lowest BCUT2D eigenvalue weighted by atomic mass is 9.81. The molecule has 1 rings (SSSR count). The quantitative estimate of drug-likeness (QED) is 0.669. The SMILES string of the molecule is CCC1(CCS(=O)(=O)O)COC1. The Morgan fingerprint density at radius 1 is 1.50 bits per heavy atom. The van der Waals surface area contributed by atoms with Crippen LogP contribution in [0.1, 0.15) is 19.8 Å². The second kappa shape index (κ2) is 3.32. The summed E-state index contributed by atoms with van der Waals surface area (Å²) < 4.78 is 34.4. The fourth-order valence-corrected chi connectivity index (χ4v) is 1.95. The van der Waals surface area contributed by atoms with Crippen molar-refractivity contribution >= 4 is 10.1 Å². The highest BCUT2D eigenvalue weighted by Gasteiger charge is 2.37. The monoisotopic (exact) mass is 194 g/mol. The first kappa shape index (κ1) is 9.95. The largest absolute Gasteiger partial charge is 0.380 e. The Bertz CT molecular complexity index is 235. The summed E-state index contributed by atoms with van der Waals surface area (Å²) in [7, 11) is -3.80. The van der Waals surface area contributed by atoms with Crippen LogP contribution in [0.15, 0.2) is 0 Å². The molecule has 0 bridgehead atoms. The van der Waals surface area contributed by atoms with Crippen LogP contribution >= 0.6 is 0 Å². The van der Waals surface area contributed by atoms with Crippen LogP contribution < -0.4 is 0 Å². The first-order valence-electron chi connectivity index (χ1n) is 4.00. The van der Waals surface area contributed by atoms with Gasteiger partial charge in [-0.2, -0.15) is 8.42 Å². The zero-order valence-electron chi connectivity index (χ0n) is 7.12.